The molecule has 0 aliphatic rings. The number of aryl methyl sites for hydroxylation is 1. The van der Waals surface area contributed by atoms with Crippen LogP contribution in [-0.4, -0.2) is 20.4 Å². The molecular weight excluding hydrogens is 324 g/mol. The predicted octanol–water partition coefficient (Wildman–Crippen LogP) is 2.61. The minimum atomic E-state index is -3.62. The zero-order valence-corrected chi connectivity index (χ0v) is 14.9. The maximum Gasteiger partial charge on any atom is 0.251 e. The van der Waals surface area contributed by atoms with Gasteiger partial charge in [0.15, 0.2) is 0 Å². The molecule has 0 atom stereocenters. The standard InChI is InChI=1S/C18H22N2O3S/c1-13(2)20-24(22,23)17-10-6-9-15(11-17)18(21)19-12-16-8-5-4-7-14(16)3/h4-11,13,20H,12H2,1-3H3,(H,19,21). The summed E-state index contributed by atoms with van der Waals surface area (Å²) >= 11 is 0. The van der Waals surface area contributed by atoms with Crippen molar-refractivity contribution in [3.63, 3.8) is 0 Å². The first-order chi connectivity index (χ1) is 11.3. The van der Waals surface area contributed by atoms with Gasteiger partial charge in [0.2, 0.25) is 10.0 Å². The summed E-state index contributed by atoms with van der Waals surface area (Å²) in [4.78, 5) is 12.4. The summed E-state index contributed by atoms with van der Waals surface area (Å²) in [5, 5.41) is 2.82. The van der Waals surface area contributed by atoms with Crippen molar-refractivity contribution in [2.24, 2.45) is 0 Å². The Morgan fingerprint density at radius 3 is 2.46 bits per heavy atom. The fourth-order valence-corrected chi connectivity index (χ4v) is 3.57. The minimum Gasteiger partial charge on any atom is -0.348 e. The van der Waals surface area contributed by atoms with E-state index in [0.29, 0.717) is 12.1 Å². The zero-order chi connectivity index (χ0) is 17.7. The van der Waals surface area contributed by atoms with E-state index >= 15 is 0 Å². The van der Waals surface area contributed by atoms with E-state index in [-0.39, 0.29) is 16.8 Å². The molecule has 1 amide bonds. The molecule has 128 valence electrons. The van der Waals surface area contributed by atoms with Crippen LogP contribution in [0.3, 0.4) is 0 Å². The first-order valence-corrected chi connectivity index (χ1v) is 9.23. The van der Waals surface area contributed by atoms with Crippen LogP contribution in [0.15, 0.2) is 53.4 Å². The van der Waals surface area contributed by atoms with E-state index in [0.717, 1.165) is 11.1 Å². The van der Waals surface area contributed by atoms with E-state index < -0.39 is 10.0 Å². The molecule has 2 aromatic carbocycles. The largest absolute Gasteiger partial charge is 0.348 e. The number of nitrogens with one attached hydrogen (secondary N) is 2. The molecular formula is C18H22N2O3S. The van der Waals surface area contributed by atoms with Gasteiger partial charge in [0.05, 0.1) is 4.90 Å². The monoisotopic (exact) mass is 346 g/mol. The SMILES string of the molecule is Cc1ccccc1CNC(=O)c1cccc(S(=O)(=O)NC(C)C)c1. The summed E-state index contributed by atoms with van der Waals surface area (Å²) in [5.74, 6) is -0.306. The van der Waals surface area contributed by atoms with Gasteiger partial charge < -0.3 is 5.32 Å². The molecule has 0 saturated carbocycles. The topological polar surface area (TPSA) is 75.3 Å². The van der Waals surface area contributed by atoms with Gasteiger partial charge in [0.25, 0.3) is 5.91 Å². The second-order valence-electron chi connectivity index (χ2n) is 5.91. The molecule has 24 heavy (non-hydrogen) atoms. The van der Waals surface area contributed by atoms with Crippen molar-refractivity contribution < 1.29 is 13.2 Å². The Balaban J connectivity index is 2.13. The highest BCUT2D eigenvalue weighted by atomic mass is 32.2. The van der Waals surface area contributed by atoms with Gasteiger partial charge in [-0.05, 0) is 50.1 Å². The molecule has 0 unspecified atom stereocenters. The Morgan fingerprint density at radius 1 is 1.08 bits per heavy atom. The summed E-state index contributed by atoms with van der Waals surface area (Å²) in [6, 6.07) is 13.6. The molecule has 0 aliphatic carbocycles. The maximum absolute atomic E-state index is 12.3. The maximum atomic E-state index is 12.3. The second-order valence-corrected chi connectivity index (χ2v) is 7.63. The number of carbonyl (C=O) groups is 1. The van der Waals surface area contributed by atoms with Gasteiger partial charge in [-0.25, -0.2) is 13.1 Å². The molecule has 0 saturated heterocycles. The van der Waals surface area contributed by atoms with Crippen molar-refractivity contribution >= 4 is 15.9 Å². The fourth-order valence-electron chi connectivity index (χ4n) is 2.27. The molecule has 0 spiro atoms. The normalized spacial score (nSPS) is 11.5. The average Bonchev–Trinajstić information content (AvgIpc) is 2.53. The first kappa shape index (κ1) is 18.2. The molecule has 0 heterocycles. The van der Waals surface area contributed by atoms with E-state index in [2.05, 4.69) is 10.0 Å². The van der Waals surface area contributed by atoms with Gasteiger partial charge >= 0.3 is 0 Å². The second kappa shape index (κ2) is 7.59. The summed E-state index contributed by atoms with van der Waals surface area (Å²) < 4.78 is 26.9. The van der Waals surface area contributed by atoms with Crippen LogP contribution in [0.5, 0.6) is 0 Å². The zero-order valence-electron chi connectivity index (χ0n) is 14.0. The Kier molecular flexibility index (Phi) is 5.75. The van der Waals surface area contributed by atoms with Crippen LogP contribution in [0.25, 0.3) is 0 Å². The smallest absolute Gasteiger partial charge is 0.251 e. The fraction of sp³-hybridized carbons (Fsp3) is 0.278. The number of rotatable bonds is 6. The van der Waals surface area contributed by atoms with E-state index in [1.807, 2.05) is 31.2 Å². The third-order valence-electron chi connectivity index (χ3n) is 3.50. The van der Waals surface area contributed by atoms with Gasteiger partial charge in [0.1, 0.15) is 0 Å². The lowest BCUT2D eigenvalue weighted by atomic mass is 10.1. The van der Waals surface area contributed by atoms with Crippen molar-refractivity contribution in [3.8, 4) is 0 Å². The van der Waals surface area contributed by atoms with E-state index in [1.54, 1.807) is 26.0 Å². The van der Waals surface area contributed by atoms with Crippen LogP contribution in [0, 0.1) is 6.92 Å². The number of hydrogen-bond acceptors (Lipinski definition) is 3. The minimum absolute atomic E-state index is 0.0831. The number of hydrogen-bond donors (Lipinski definition) is 2. The molecule has 2 rings (SSSR count). The van der Waals surface area contributed by atoms with Crippen LogP contribution in [0.1, 0.15) is 35.3 Å². The molecule has 5 nitrogen and oxygen atoms in total. The van der Waals surface area contributed by atoms with Crippen LogP contribution < -0.4 is 10.0 Å². The Morgan fingerprint density at radius 2 is 1.79 bits per heavy atom. The molecule has 0 aliphatic heterocycles. The molecule has 0 bridgehead atoms. The molecule has 0 aromatic heterocycles. The molecule has 0 radical (unpaired) electrons. The van der Waals surface area contributed by atoms with Gasteiger partial charge in [-0.2, -0.15) is 0 Å². The van der Waals surface area contributed by atoms with Crippen molar-refractivity contribution in [3.05, 3.63) is 65.2 Å². The van der Waals surface area contributed by atoms with Gasteiger partial charge in [-0.15, -0.1) is 0 Å². The summed E-state index contributed by atoms with van der Waals surface area (Å²) in [5.41, 5.74) is 2.43. The lowest BCUT2D eigenvalue weighted by Crippen LogP contribution is -2.30. The highest BCUT2D eigenvalue weighted by Gasteiger charge is 2.17. The lowest BCUT2D eigenvalue weighted by Gasteiger charge is -2.11. The van der Waals surface area contributed by atoms with Crippen molar-refractivity contribution in [1.82, 2.24) is 10.0 Å². The highest BCUT2D eigenvalue weighted by Crippen LogP contribution is 2.13. The van der Waals surface area contributed by atoms with Crippen molar-refractivity contribution in [2.45, 2.75) is 38.3 Å². The van der Waals surface area contributed by atoms with Crippen LogP contribution in [-0.2, 0) is 16.6 Å². The molecule has 2 aromatic rings. The van der Waals surface area contributed by atoms with E-state index in [4.69, 9.17) is 0 Å². The van der Waals surface area contributed by atoms with Crippen molar-refractivity contribution in [2.75, 3.05) is 0 Å². The molecule has 6 heteroatoms. The molecule has 2 N–H and O–H groups in total. The van der Waals surface area contributed by atoms with Gasteiger partial charge in [-0.1, -0.05) is 30.3 Å². The van der Waals surface area contributed by atoms with Crippen LogP contribution in [0.4, 0.5) is 0 Å². The summed E-state index contributed by atoms with van der Waals surface area (Å²) in [6.07, 6.45) is 0. The first-order valence-electron chi connectivity index (χ1n) is 7.74. The summed E-state index contributed by atoms with van der Waals surface area (Å²) in [6.45, 7) is 5.87. The predicted molar refractivity (Wildman–Crippen MR) is 94.2 cm³/mol. The van der Waals surface area contributed by atoms with E-state index in [9.17, 15) is 13.2 Å². The van der Waals surface area contributed by atoms with Crippen LogP contribution in [0.2, 0.25) is 0 Å². The third-order valence-corrected chi connectivity index (χ3v) is 5.15. The number of amides is 1. The van der Waals surface area contributed by atoms with Gasteiger partial charge in [0, 0.05) is 18.2 Å². The Hall–Kier alpha value is -2.18. The van der Waals surface area contributed by atoms with Crippen molar-refractivity contribution in [1.29, 1.82) is 0 Å². The Bertz CT molecular complexity index is 830. The average molecular weight is 346 g/mol. The van der Waals surface area contributed by atoms with Gasteiger partial charge in [-0.3, -0.25) is 4.79 Å². The van der Waals surface area contributed by atoms with Crippen LogP contribution >= 0.6 is 0 Å². The van der Waals surface area contributed by atoms with E-state index in [1.165, 1.54) is 12.1 Å². The quantitative estimate of drug-likeness (QED) is 0.844. The highest BCUT2D eigenvalue weighted by molar-refractivity contribution is 7.89. The molecule has 0 fully saturated rings. The number of carbonyl (C=O) groups excluding carboxylic acids is 1. The third kappa shape index (κ3) is 4.66. The summed E-state index contributed by atoms with van der Waals surface area (Å²) in [7, 11) is -3.62. The number of benzene rings is 2. The lowest BCUT2D eigenvalue weighted by molar-refractivity contribution is 0.0950. The number of sulfonamides is 1. The Labute approximate surface area is 143 Å².